The fraction of sp³-hybridized carbons (Fsp3) is 0.455. The van der Waals surface area contributed by atoms with Gasteiger partial charge in [-0.1, -0.05) is 12.1 Å². The number of ether oxygens (including phenoxy) is 1. The number of benzene rings is 2. The van der Waals surface area contributed by atoms with E-state index >= 15 is 0 Å². The number of amides is 2. The number of aliphatic hydroxyl groups excluding tert-OH is 1. The van der Waals surface area contributed by atoms with Gasteiger partial charge in [-0.3, -0.25) is 4.79 Å². The quantitative estimate of drug-likeness (QED) is 0.317. The Morgan fingerprint density at radius 2 is 1.74 bits per heavy atom. The maximum atomic E-state index is 14.5. The molecule has 2 aromatic carbocycles. The maximum Gasteiger partial charge on any atom is 0.494 e. The second-order valence-electron chi connectivity index (χ2n) is 13.7. The zero-order chi connectivity index (χ0) is 34.3. The number of alkyl carbamates (subject to hydrolysis) is 1. The van der Waals surface area contributed by atoms with E-state index < -0.39 is 59.2 Å². The monoisotopic (exact) mass is 651 g/mol. The Balaban J connectivity index is 1.48. The van der Waals surface area contributed by atoms with Crippen molar-refractivity contribution in [2.24, 2.45) is 0 Å². The van der Waals surface area contributed by atoms with Crippen LogP contribution in [0.1, 0.15) is 65.4 Å². The van der Waals surface area contributed by atoms with Gasteiger partial charge in [0.1, 0.15) is 22.9 Å². The van der Waals surface area contributed by atoms with Crippen LogP contribution < -0.4 is 21.0 Å². The van der Waals surface area contributed by atoms with Gasteiger partial charge in [-0.2, -0.15) is 0 Å². The Hall–Kier alpha value is -4.14. The normalized spacial score (nSPS) is 20.3. The van der Waals surface area contributed by atoms with Crippen LogP contribution in [0.3, 0.4) is 0 Å². The van der Waals surface area contributed by atoms with Gasteiger partial charge in [-0.25, -0.2) is 23.5 Å². The van der Waals surface area contributed by atoms with Crippen molar-refractivity contribution in [1.82, 2.24) is 15.3 Å². The van der Waals surface area contributed by atoms with Crippen molar-refractivity contribution in [3.8, 4) is 11.4 Å². The predicted molar refractivity (Wildman–Crippen MR) is 173 cm³/mol. The average Bonchev–Trinajstić information content (AvgIpc) is 3.47. The smallest absolute Gasteiger partial charge is 0.444 e. The zero-order valence-electron chi connectivity index (χ0n) is 27.6. The highest BCUT2D eigenvalue weighted by Crippen LogP contribution is 2.38. The molecule has 0 radical (unpaired) electrons. The highest BCUT2D eigenvalue weighted by molar-refractivity contribution is 6.62. The summed E-state index contributed by atoms with van der Waals surface area (Å²) in [7, 11) is -0.713. The van der Waals surface area contributed by atoms with Crippen LogP contribution in [0.25, 0.3) is 11.4 Å². The average molecular weight is 652 g/mol. The Morgan fingerprint density at radius 1 is 1.09 bits per heavy atom. The molecule has 3 heterocycles. The van der Waals surface area contributed by atoms with Crippen molar-refractivity contribution in [2.75, 3.05) is 23.4 Å². The summed E-state index contributed by atoms with van der Waals surface area (Å²) in [6.45, 7) is 13.2. The molecule has 5 rings (SSSR count). The highest BCUT2D eigenvalue weighted by atomic mass is 19.1. The summed E-state index contributed by atoms with van der Waals surface area (Å²) in [5.41, 5.74) is -0.878. The van der Waals surface area contributed by atoms with Gasteiger partial charge in [0.05, 0.1) is 46.8 Å². The van der Waals surface area contributed by atoms with Crippen LogP contribution in [-0.4, -0.2) is 76.2 Å². The fourth-order valence-corrected chi connectivity index (χ4v) is 5.48. The van der Waals surface area contributed by atoms with Crippen LogP contribution in [0.15, 0.2) is 48.7 Å². The number of carbonyl (C=O) groups excluding carboxylic acids is 2. The van der Waals surface area contributed by atoms with Gasteiger partial charge in [-0.05, 0) is 90.7 Å². The van der Waals surface area contributed by atoms with Crippen molar-refractivity contribution in [3.05, 3.63) is 66.0 Å². The number of aromatic nitrogens is 2. The minimum absolute atomic E-state index is 0.122. The summed E-state index contributed by atoms with van der Waals surface area (Å²) in [5.74, 6) is -2.65. The molecule has 0 bridgehead atoms. The third-order valence-electron chi connectivity index (χ3n) is 8.53. The van der Waals surface area contributed by atoms with E-state index in [1.54, 1.807) is 32.9 Å². The number of carbonyl (C=O) groups is 2. The number of nitrogens with one attached hydrogen (secondary N) is 2. The maximum absolute atomic E-state index is 14.5. The van der Waals surface area contributed by atoms with Crippen molar-refractivity contribution in [2.45, 2.75) is 83.8 Å². The van der Waals surface area contributed by atoms with Gasteiger partial charge in [0.15, 0.2) is 5.82 Å². The summed E-state index contributed by atoms with van der Waals surface area (Å²) in [6, 6.07) is 9.21. The van der Waals surface area contributed by atoms with E-state index in [1.807, 2.05) is 38.7 Å². The van der Waals surface area contributed by atoms with Crippen LogP contribution in [0.5, 0.6) is 0 Å². The summed E-state index contributed by atoms with van der Waals surface area (Å²) in [5, 5.41) is 16.1. The molecule has 11 nitrogen and oxygen atoms in total. The minimum Gasteiger partial charge on any atom is -0.444 e. The van der Waals surface area contributed by atoms with Crippen LogP contribution in [0, 0.1) is 11.6 Å². The molecule has 2 fully saturated rings. The molecule has 2 amide bonds. The lowest BCUT2D eigenvalue weighted by molar-refractivity contribution is 0.00578. The van der Waals surface area contributed by atoms with Gasteiger partial charge >= 0.3 is 13.2 Å². The predicted octanol–water partition coefficient (Wildman–Crippen LogP) is 4.44. The summed E-state index contributed by atoms with van der Waals surface area (Å²) < 4.78 is 46.9. The number of aliphatic hydroxyl groups is 1. The Morgan fingerprint density at radius 3 is 2.36 bits per heavy atom. The van der Waals surface area contributed by atoms with Gasteiger partial charge in [0, 0.05) is 12.7 Å². The highest BCUT2D eigenvalue weighted by Gasteiger charge is 2.52. The molecule has 2 unspecified atom stereocenters. The SMILES string of the molecule is CC(C)(C)OC(=O)NC1CC(CO)N(c2cc(B3OC(C)(C)C(C)(C)O3)ccc2NC(=O)c2ccnc(-c3c(F)cccc3F)n2)C1. The Labute approximate surface area is 273 Å². The molecule has 0 spiro atoms. The molecule has 0 saturated carbocycles. The Bertz CT molecular complexity index is 1630. The molecule has 2 atom stereocenters. The van der Waals surface area contributed by atoms with E-state index in [0.717, 1.165) is 12.1 Å². The number of halogens is 2. The van der Waals surface area contributed by atoms with Crippen LogP contribution in [0.2, 0.25) is 0 Å². The van der Waals surface area contributed by atoms with Crippen molar-refractivity contribution in [1.29, 1.82) is 0 Å². The van der Waals surface area contributed by atoms with E-state index in [2.05, 4.69) is 20.6 Å². The molecule has 250 valence electrons. The van der Waals surface area contributed by atoms with Crippen molar-refractivity contribution < 1.29 is 37.5 Å². The first-order chi connectivity index (χ1) is 22.0. The molecule has 1 aromatic heterocycles. The lowest BCUT2D eigenvalue weighted by Crippen LogP contribution is -2.41. The summed E-state index contributed by atoms with van der Waals surface area (Å²) in [6.07, 6.45) is 1.08. The number of nitrogens with zero attached hydrogens (tertiary/aromatic N) is 3. The first-order valence-electron chi connectivity index (χ1n) is 15.4. The molecular formula is C33H40BF2N5O6. The van der Waals surface area contributed by atoms with Crippen molar-refractivity contribution >= 4 is 36.0 Å². The molecule has 2 saturated heterocycles. The number of rotatable bonds is 7. The molecule has 0 aliphatic carbocycles. The topological polar surface area (TPSA) is 135 Å². The second-order valence-corrected chi connectivity index (χ2v) is 13.7. The number of hydrogen-bond donors (Lipinski definition) is 3. The molecule has 14 heteroatoms. The minimum atomic E-state index is -0.859. The summed E-state index contributed by atoms with van der Waals surface area (Å²) in [4.78, 5) is 36.2. The third-order valence-corrected chi connectivity index (χ3v) is 8.53. The largest absolute Gasteiger partial charge is 0.494 e. The van der Waals surface area contributed by atoms with Gasteiger partial charge in [0.2, 0.25) is 0 Å². The fourth-order valence-electron chi connectivity index (χ4n) is 5.48. The van der Waals surface area contributed by atoms with Gasteiger partial charge in [0.25, 0.3) is 5.91 Å². The molecule has 2 aliphatic heterocycles. The molecule has 3 aromatic rings. The van der Waals surface area contributed by atoms with Crippen molar-refractivity contribution in [3.63, 3.8) is 0 Å². The number of anilines is 2. The van der Waals surface area contributed by atoms with Crippen LogP contribution in [-0.2, 0) is 14.0 Å². The lowest BCUT2D eigenvalue weighted by atomic mass is 9.78. The Kier molecular flexibility index (Phi) is 9.33. The molecule has 2 aliphatic rings. The van der Waals surface area contributed by atoms with E-state index in [0.29, 0.717) is 29.8 Å². The summed E-state index contributed by atoms with van der Waals surface area (Å²) >= 11 is 0. The number of hydrogen-bond acceptors (Lipinski definition) is 9. The zero-order valence-corrected chi connectivity index (χ0v) is 27.6. The standard InChI is InChI=1S/C33H40BF2N5O6/c1-31(2,3)45-30(44)38-20-16-21(18-42)41(17-20)26-15-19(34-46-32(4,5)33(6,7)47-34)11-12-24(26)40-29(43)25-13-14-37-28(39-25)27-22(35)9-8-10-23(27)36/h8-15,20-21,42H,16-18H2,1-7H3,(H,38,44)(H,40,43). The van der Waals surface area contributed by atoms with Gasteiger partial charge < -0.3 is 34.7 Å². The van der Waals surface area contributed by atoms with E-state index in [4.69, 9.17) is 14.0 Å². The third kappa shape index (κ3) is 7.39. The molecular weight excluding hydrogens is 611 g/mol. The molecule has 47 heavy (non-hydrogen) atoms. The van der Waals surface area contributed by atoms with E-state index in [-0.39, 0.29) is 24.2 Å². The van der Waals surface area contributed by atoms with Gasteiger partial charge in [-0.15, -0.1) is 0 Å². The first kappa shape index (κ1) is 34.2. The van der Waals surface area contributed by atoms with E-state index in [1.165, 1.54) is 18.3 Å². The van der Waals surface area contributed by atoms with Crippen LogP contribution in [0.4, 0.5) is 25.0 Å². The second kappa shape index (κ2) is 12.8. The molecule has 3 N–H and O–H groups in total. The lowest BCUT2D eigenvalue weighted by Gasteiger charge is -2.32. The first-order valence-corrected chi connectivity index (χ1v) is 15.4. The van der Waals surface area contributed by atoms with Crippen LogP contribution >= 0.6 is 0 Å². The van der Waals surface area contributed by atoms with E-state index in [9.17, 15) is 23.5 Å².